The summed E-state index contributed by atoms with van der Waals surface area (Å²) in [7, 11) is 18.9. The molecule has 0 nitrogen and oxygen atoms in total. The Bertz CT molecular complexity index is 2220. The van der Waals surface area contributed by atoms with Gasteiger partial charge in [0.2, 0.25) is 0 Å². The van der Waals surface area contributed by atoms with Crippen molar-refractivity contribution in [1.29, 1.82) is 0 Å². The first-order valence-corrected chi connectivity index (χ1v) is 43.1. The van der Waals surface area contributed by atoms with Crippen molar-refractivity contribution in [1.82, 2.24) is 0 Å². The maximum absolute atomic E-state index is 9.43. The van der Waals surface area contributed by atoms with Gasteiger partial charge in [-0.1, -0.05) is 0 Å². The fraction of sp³-hybridized carbons (Fsp3) is 0.548. The SMILES string of the molecule is CCCC1(CC2=Cc3c(-c4ccc(C(C)(C)C)cc4)cccc3[CH]2[Zr]([Cl])([Cl])([CH]2C(CC3(CCC)CCCCCC3)=Cc3c(-c4ccc(C(C)(C)C)cc4)cccc32)[SiH](C)C)CCCCCC1. The molecule has 0 amide bonds. The summed E-state index contributed by atoms with van der Waals surface area (Å²) >= 11 is -5.20. The molecule has 0 heterocycles. The number of benzene rings is 4. The first-order valence-electron chi connectivity index (χ1n) is 26.8. The summed E-state index contributed by atoms with van der Waals surface area (Å²) in [5, 5.41) is 0. The molecule has 2 fully saturated rings. The van der Waals surface area contributed by atoms with Gasteiger partial charge in [-0.15, -0.1) is 0 Å². The van der Waals surface area contributed by atoms with Gasteiger partial charge in [-0.05, 0) is 0 Å². The fourth-order valence-electron chi connectivity index (χ4n) is 14.1. The predicted octanol–water partition coefficient (Wildman–Crippen LogP) is 20.2. The van der Waals surface area contributed by atoms with Crippen molar-refractivity contribution in [3.05, 3.63) is 129 Å². The Kier molecular flexibility index (Phi) is 15.0. The third kappa shape index (κ3) is 9.74. The Balaban J connectivity index is 1.37. The Morgan fingerprint density at radius 2 is 0.864 bits per heavy atom. The molecule has 4 aromatic rings. The maximum atomic E-state index is 9.43. The monoisotopic (exact) mass is 1020 g/mol. The van der Waals surface area contributed by atoms with Crippen LogP contribution in [0.15, 0.2) is 96.1 Å². The molecule has 0 aliphatic heterocycles. The van der Waals surface area contributed by atoms with Crippen molar-refractivity contribution in [2.75, 3.05) is 0 Å². The molecule has 2 atom stereocenters. The molecule has 355 valence electrons. The van der Waals surface area contributed by atoms with Crippen LogP contribution in [0.2, 0.25) is 13.1 Å². The van der Waals surface area contributed by atoms with Crippen LogP contribution < -0.4 is 0 Å². The van der Waals surface area contributed by atoms with E-state index in [1.165, 1.54) is 158 Å². The standard InChI is InChI=1S/2C30H39.C2H7Si.2ClH.Zr/c2*1-5-17-30(18-8-6-7-9-19-30)22-23-20-25-11-10-12-27(28(25)21-23)24-13-15-26(16-14-24)29(2,3)4;1-3-2;;;/h2*10-16,20-21H,5-9,17-19,22H2,1-4H3;3H,1-2H3;2*1H;/q;;;;;+2/p-2. The van der Waals surface area contributed by atoms with Crippen molar-refractivity contribution in [2.45, 2.75) is 202 Å². The zero-order chi connectivity index (χ0) is 47.1. The number of fused-ring (bicyclic) bond motifs is 2. The van der Waals surface area contributed by atoms with Gasteiger partial charge >= 0.3 is 415 Å². The summed E-state index contributed by atoms with van der Waals surface area (Å²) in [6.07, 6.45) is 28.8. The topological polar surface area (TPSA) is 0 Å². The van der Waals surface area contributed by atoms with Crippen LogP contribution in [0, 0.1) is 10.8 Å². The van der Waals surface area contributed by atoms with Crippen molar-refractivity contribution >= 4 is 35.1 Å². The van der Waals surface area contributed by atoms with Gasteiger partial charge in [0.25, 0.3) is 0 Å². The normalized spacial score (nSPS) is 21.6. The van der Waals surface area contributed by atoms with E-state index in [1.54, 1.807) is 11.1 Å². The predicted molar refractivity (Wildman–Crippen MR) is 292 cm³/mol. The Hall–Kier alpha value is -1.96. The van der Waals surface area contributed by atoms with Gasteiger partial charge in [0.15, 0.2) is 0 Å². The van der Waals surface area contributed by atoms with E-state index >= 15 is 0 Å². The fourth-order valence-corrected chi connectivity index (χ4v) is 45.4. The summed E-state index contributed by atoms with van der Waals surface area (Å²) in [6.45, 7) is 23.9. The summed E-state index contributed by atoms with van der Waals surface area (Å²) in [6, 6.07) is 33.5. The van der Waals surface area contributed by atoms with E-state index in [9.17, 15) is 17.0 Å². The van der Waals surface area contributed by atoms with Crippen LogP contribution >= 0.6 is 17.0 Å². The third-order valence-corrected chi connectivity index (χ3v) is 69.5. The van der Waals surface area contributed by atoms with Crippen LogP contribution in [-0.2, 0) is 26.4 Å². The average molecular weight is 1020 g/mol. The van der Waals surface area contributed by atoms with Crippen LogP contribution in [0.25, 0.3) is 34.4 Å². The molecule has 2 saturated carbocycles. The second-order valence-electron chi connectivity index (χ2n) is 24.6. The first-order chi connectivity index (χ1) is 31.3. The van der Waals surface area contributed by atoms with Gasteiger partial charge in [0.1, 0.15) is 0 Å². The van der Waals surface area contributed by atoms with Gasteiger partial charge in [0.05, 0.1) is 0 Å². The zero-order valence-corrected chi connectivity index (χ0v) is 48.1. The van der Waals surface area contributed by atoms with Gasteiger partial charge in [0, 0.05) is 0 Å². The average Bonchev–Trinajstić information content (AvgIpc) is 3.64. The molecule has 2 unspecified atom stereocenters. The zero-order valence-electron chi connectivity index (χ0n) is 43.0. The van der Waals surface area contributed by atoms with Gasteiger partial charge in [-0.3, -0.25) is 0 Å². The van der Waals surface area contributed by atoms with E-state index in [-0.39, 0.29) is 18.1 Å². The first kappa shape index (κ1) is 50.4. The van der Waals surface area contributed by atoms with E-state index in [2.05, 4.69) is 166 Å². The number of halogens is 2. The van der Waals surface area contributed by atoms with Crippen LogP contribution in [0.1, 0.15) is 212 Å². The summed E-state index contributed by atoms with van der Waals surface area (Å²) in [5.41, 5.74) is 17.7. The van der Waals surface area contributed by atoms with Crippen molar-refractivity contribution < 1.29 is 15.6 Å². The van der Waals surface area contributed by atoms with E-state index in [0.29, 0.717) is 10.8 Å². The van der Waals surface area contributed by atoms with Gasteiger partial charge in [-0.2, -0.15) is 0 Å². The molecule has 0 aromatic heterocycles. The summed E-state index contributed by atoms with van der Waals surface area (Å²) < 4.78 is 0.181. The van der Waals surface area contributed by atoms with E-state index in [1.807, 2.05) is 0 Å². The van der Waals surface area contributed by atoms with E-state index in [0.717, 1.165) is 12.8 Å². The van der Waals surface area contributed by atoms with E-state index < -0.39 is 21.5 Å². The quantitative estimate of drug-likeness (QED) is 0.0925. The molecule has 8 rings (SSSR count). The number of hydrogen-bond acceptors (Lipinski definition) is 0. The molecule has 4 aromatic carbocycles. The van der Waals surface area contributed by atoms with E-state index in [4.69, 9.17) is 0 Å². The Morgan fingerprint density at radius 3 is 1.17 bits per heavy atom. The third-order valence-electron chi connectivity index (χ3n) is 17.7. The summed E-state index contributed by atoms with van der Waals surface area (Å²) in [4.78, 5) is 0. The van der Waals surface area contributed by atoms with Crippen molar-refractivity contribution in [3.8, 4) is 22.3 Å². The molecule has 66 heavy (non-hydrogen) atoms. The molecule has 0 radical (unpaired) electrons. The number of allylic oxidation sites excluding steroid dienone is 2. The molecule has 0 N–H and O–H groups in total. The summed E-state index contributed by atoms with van der Waals surface area (Å²) in [5.74, 6) is -1.80. The molecule has 4 heteroatoms. The van der Waals surface area contributed by atoms with Crippen LogP contribution in [0.5, 0.6) is 0 Å². The number of hydrogen-bond donors (Lipinski definition) is 0. The van der Waals surface area contributed by atoms with Gasteiger partial charge < -0.3 is 0 Å². The molecule has 0 saturated heterocycles. The molecule has 0 spiro atoms. The van der Waals surface area contributed by atoms with Gasteiger partial charge in [-0.25, -0.2) is 0 Å². The molecular formula is C62H85Cl2SiZr. The molecule has 0 bridgehead atoms. The van der Waals surface area contributed by atoms with Crippen molar-refractivity contribution in [3.63, 3.8) is 0 Å². The molecule has 4 aliphatic rings. The molecule has 4 aliphatic carbocycles. The second kappa shape index (κ2) is 19.7. The number of rotatable bonds is 13. The van der Waals surface area contributed by atoms with Crippen LogP contribution in [-0.4, -0.2) is 5.92 Å². The van der Waals surface area contributed by atoms with Crippen LogP contribution in [0.3, 0.4) is 0 Å². The van der Waals surface area contributed by atoms with Crippen LogP contribution in [0.4, 0.5) is 0 Å². The molecular weight excluding hydrogens is 935 g/mol. The second-order valence-corrected chi connectivity index (χ2v) is 67.1. The van der Waals surface area contributed by atoms with Crippen molar-refractivity contribution in [2.24, 2.45) is 10.8 Å². The Labute approximate surface area is 412 Å². The minimum atomic E-state index is -5.20. The minimum absolute atomic E-state index is 0.0903. The Morgan fingerprint density at radius 1 is 0.515 bits per heavy atom.